The number of hydrogen-bond acceptors (Lipinski definition) is 2. The summed E-state index contributed by atoms with van der Waals surface area (Å²) in [5.41, 5.74) is 3.91. The number of methoxy groups -OCH3 is 1. The van der Waals surface area contributed by atoms with Gasteiger partial charge in [-0.3, -0.25) is 0 Å². The number of benzene rings is 2. The molecule has 0 amide bonds. The van der Waals surface area contributed by atoms with E-state index in [0.717, 1.165) is 12.1 Å². The molecule has 0 radical (unpaired) electrons. The molecule has 0 saturated carbocycles. The molecule has 1 aliphatic carbocycles. The summed E-state index contributed by atoms with van der Waals surface area (Å²) >= 11 is 6.09. The first-order valence-electron chi connectivity index (χ1n) is 7.38. The highest BCUT2D eigenvalue weighted by Crippen LogP contribution is 2.39. The van der Waals surface area contributed by atoms with Crippen molar-refractivity contribution >= 4 is 17.3 Å². The van der Waals surface area contributed by atoms with Crippen LogP contribution in [-0.2, 0) is 0 Å². The van der Waals surface area contributed by atoms with Crippen molar-refractivity contribution in [2.45, 2.75) is 31.7 Å². The van der Waals surface area contributed by atoms with Gasteiger partial charge in [0.2, 0.25) is 0 Å². The Morgan fingerprint density at radius 2 is 1.86 bits per heavy atom. The van der Waals surface area contributed by atoms with Crippen molar-refractivity contribution in [1.29, 1.82) is 0 Å². The van der Waals surface area contributed by atoms with Gasteiger partial charge in [0, 0.05) is 11.8 Å². The number of anilines is 1. The lowest BCUT2D eigenvalue weighted by atomic mass is 9.81. The van der Waals surface area contributed by atoms with Gasteiger partial charge in [-0.25, -0.2) is 0 Å². The Bertz CT molecular complexity index is 641. The smallest absolute Gasteiger partial charge is 0.139 e. The Morgan fingerprint density at radius 3 is 2.62 bits per heavy atom. The van der Waals surface area contributed by atoms with Crippen molar-refractivity contribution in [2.24, 2.45) is 0 Å². The minimum absolute atomic E-state index is 0.350. The summed E-state index contributed by atoms with van der Waals surface area (Å²) in [6.07, 6.45) is 2.35. The highest BCUT2D eigenvalue weighted by Gasteiger charge is 2.24. The van der Waals surface area contributed by atoms with Crippen LogP contribution >= 0.6 is 11.6 Å². The summed E-state index contributed by atoms with van der Waals surface area (Å²) in [5.74, 6) is 1.35. The molecule has 0 saturated heterocycles. The molecule has 0 heterocycles. The molecule has 3 heteroatoms. The maximum absolute atomic E-state index is 6.09. The highest BCUT2D eigenvalue weighted by atomic mass is 35.5. The van der Waals surface area contributed by atoms with Crippen LogP contribution in [0, 0.1) is 0 Å². The summed E-state index contributed by atoms with van der Waals surface area (Å²) < 4.78 is 5.29. The number of hydrogen-bond donors (Lipinski definition) is 1. The molecule has 2 atom stereocenters. The van der Waals surface area contributed by atoms with Gasteiger partial charge in [-0.15, -0.1) is 0 Å². The van der Waals surface area contributed by atoms with Crippen LogP contribution in [-0.4, -0.2) is 7.11 Å². The normalized spacial score (nSPS) is 20.7. The van der Waals surface area contributed by atoms with Gasteiger partial charge >= 0.3 is 0 Å². The SMILES string of the molecule is COc1cc(NC2CCC(C)c3ccccc32)ccc1Cl. The first-order valence-corrected chi connectivity index (χ1v) is 7.75. The van der Waals surface area contributed by atoms with Gasteiger partial charge in [0.1, 0.15) is 5.75 Å². The van der Waals surface area contributed by atoms with Crippen LogP contribution in [0.1, 0.15) is 42.9 Å². The molecular weight excluding hydrogens is 282 g/mol. The fraction of sp³-hybridized carbons (Fsp3) is 0.333. The molecule has 21 heavy (non-hydrogen) atoms. The van der Waals surface area contributed by atoms with Crippen molar-refractivity contribution in [3.63, 3.8) is 0 Å². The number of nitrogens with one attached hydrogen (secondary N) is 1. The average Bonchev–Trinajstić information content (AvgIpc) is 2.52. The Hall–Kier alpha value is -1.67. The average molecular weight is 302 g/mol. The van der Waals surface area contributed by atoms with Crippen molar-refractivity contribution in [2.75, 3.05) is 12.4 Å². The lowest BCUT2D eigenvalue weighted by Crippen LogP contribution is -2.19. The molecule has 0 aliphatic heterocycles. The van der Waals surface area contributed by atoms with Crippen LogP contribution in [0.4, 0.5) is 5.69 Å². The molecule has 0 spiro atoms. The minimum Gasteiger partial charge on any atom is -0.495 e. The van der Waals surface area contributed by atoms with Gasteiger partial charge in [-0.2, -0.15) is 0 Å². The molecule has 2 aromatic rings. The third kappa shape index (κ3) is 2.86. The molecule has 0 fully saturated rings. The topological polar surface area (TPSA) is 21.3 Å². The molecule has 1 aliphatic rings. The predicted octanol–water partition coefficient (Wildman–Crippen LogP) is 5.40. The van der Waals surface area contributed by atoms with Crippen molar-refractivity contribution in [3.05, 3.63) is 58.6 Å². The molecule has 3 rings (SSSR count). The van der Waals surface area contributed by atoms with Crippen LogP contribution in [0.2, 0.25) is 5.02 Å². The number of rotatable bonds is 3. The fourth-order valence-electron chi connectivity index (χ4n) is 3.11. The van der Waals surface area contributed by atoms with Crippen molar-refractivity contribution < 1.29 is 4.74 Å². The van der Waals surface area contributed by atoms with Crippen LogP contribution in [0.25, 0.3) is 0 Å². The van der Waals surface area contributed by atoms with E-state index in [1.807, 2.05) is 18.2 Å². The van der Waals surface area contributed by atoms with Crippen LogP contribution in [0.5, 0.6) is 5.75 Å². The summed E-state index contributed by atoms with van der Waals surface area (Å²) in [5, 5.41) is 4.26. The predicted molar refractivity (Wildman–Crippen MR) is 88.5 cm³/mol. The van der Waals surface area contributed by atoms with Gasteiger partial charge < -0.3 is 10.1 Å². The van der Waals surface area contributed by atoms with E-state index >= 15 is 0 Å². The Balaban J connectivity index is 1.87. The Kier molecular flexibility index (Phi) is 4.07. The minimum atomic E-state index is 0.350. The van der Waals surface area contributed by atoms with E-state index in [1.165, 1.54) is 17.5 Å². The maximum atomic E-state index is 6.09. The molecule has 2 unspecified atom stereocenters. The van der Waals surface area contributed by atoms with E-state index in [9.17, 15) is 0 Å². The van der Waals surface area contributed by atoms with Crippen LogP contribution < -0.4 is 10.1 Å². The third-order valence-corrected chi connectivity index (χ3v) is 4.59. The quantitative estimate of drug-likeness (QED) is 0.819. The van der Waals surface area contributed by atoms with E-state index < -0.39 is 0 Å². The first-order chi connectivity index (χ1) is 10.2. The molecule has 0 bridgehead atoms. The second-order valence-electron chi connectivity index (χ2n) is 5.65. The van der Waals surface area contributed by atoms with E-state index in [0.29, 0.717) is 22.7 Å². The summed E-state index contributed by atoms with van der Waals surface area (Å²) in [6, 6.07) is 14.9. The molecule has 1 N–H and O–H groups in total. The van der Waals surface area contributed by atoms with Gasteiger partial charge in [-0.05, 0) is 42.0 Å². The lowest BCUT2D eigenvalue weighted by molar-refractivity contribution is 0.415. The van der Waals surface area contributed by atoms with Crippen LogP contribution in [0.15, 0.2) is 42.5 Å². The fourth-order valence-corrected chi connectivity index (χ4v) is 3.30. The monoisotopic (exact) mass is 301 g/mol. The van der Waals surface area contributed by atoms with Crippen molar-refractivity contribution in [1.82, 2.24) is 0 Å². The number of fused-ring (bicyclic) bond motifs is 1. The summed E-state index contributed by atoms with van der Waals surface area (Å²) in [7, 11) is 1.64. The lowest BCUT2D eigenvalue weighted by Gasteiger charge is -2.31. The standard InChI is InChI=1S/C18H20ClNO/c1-12-7-10-17(15-6-4-3-5-14(12)15)20-13-8-9-16(19)18(11-13)21-2/h3-6,8-9,11-12,17,20H,7,10H2,1-2H3. The largest absolute Gasteiger partial charge is 0.495 e. The van der Waals surface area contributed by atoms with Gasteiger partial charge in [0.15, 0.2) is 0 Å². The van der Waals surface area contributed by atoms with Crippen LogP contribution in [0.3, 0.4) is 0 Å². The zero-order valence-corrected chi connectivity index (χ0v) is 13.2. The van der Waals surface area contributed by atoms with E-state index in [-0.39, 0.29) is 0 Å². The number of halogens is 1. The second kappa shape index (κ2) is 5.98. The molecule has 2 aromatic carbocycles. The number of ether oxygens (including phenoxy) is 1. The zero-order valence-electron chi connectivity index (χ0n) is 12.4. The van der Waals surface area contributed by atoms with Gasteiger partial charge in [0.05, 0.1) is 18.2 Å². The second-order valence-corrected chi connectivity index (χ2v) is 6.06. The van der Waals surface area contributed by atoms with Crippen molar-refractivity contribution in [3.8, 4) is 5.75 Å². The molecule has 2 nitrogen and oxygen atoms in total. The molecular formula is C18H20ClNO. The van der Waals surface area contributed by atoms with Gasteiger partial charge in [0.25, 0.3) is 0 Å². The molecule has 0 aromatic heterocycles. The first kappa shape index (κ1) is 14.3. The Morgan fingerprint density at radius 1 is 1.10 bits per heavy atom. The molecule has 110 valence electrons. The van der Waals surface area contributed by atoms with E-state index in [2.05, 4.69) is 36.5 Å². The highest BCUT2D eigenvalue weighted by molar-refractivity contribution is 6.32. The third-order valence-electron chi connectivity index (χ3n) is 4.28. The Labute approximate surface area is 131 Å². The van der Waals surface area contributed by atoms with Gasteiger partial charge in [-0.1, -0.05) is 42.8 Å². The maximum Gasteiger partial charge on any atom is 0.139 e. The van der Waals surface area contributed by atoms with E-state index in [4.69, 9.17) is 16.3 Å². The zero-order chi connectivity index (χ0) is 14.8. The summed E-state index contributed by atoms with van der Waals surface area (Å²) in [6.45, 7) is 2.31. The van der Waals surface area contributed by atoms with E-state index in [1.54, 1.807) is 7.11 Å². The summed E-state index contributed by atoms with van der Waals surface area (Å²) in [4.78, 5) is 0.